The maximum Gasteiger partial charge on any atom is 0.258 e. The first-order chi connectivity index (χ1) is 11.2. The highest BCUT2D eigenvalue weighted by Gasteiger charge is 2.11. The maximum absolute atomic E-state index is 12.0. The molecule has 3 aromatic rings. The summed E-state index contributed by atoms with van der Waals surface area (Å²) in [6, 6.07) is 7.64. The number of H-pyrrole nitrogens is 1. The summed E-state index contributed by atoms with van der Waals surface area (Å²) in [7, 11) is 0. The van der Waals surface area contributed by atoms with Crippen molar-refractivity contribution in [2.45, 2.75) is 37.2 Å². The quantitative estimate of drug-likeness (QED) is 0.531. The maximum atomic E-state index is 12.0. The normalized spacial score (nSPS) is 11.2. The van der Waals surface area contributed by atoms with Crippen molar-refractivity contribution < 1.29 is 5.11 Å². The number of benzene rings is 1. The average Bonchev–Trinajstić information content (AvgIpc) is 2.95. The number of nitrogens with one attached hydrogen (secondary N) is 1. The van der Waals surface area contributed by atoms with Gasteiger partial charge in [0.1, 0.15) is 5.52 Å². The van der Waals surface area contributed by atoms with Crippen LogP contribution in [0.3, 0.4) is 0 Å². The molecule has 0 radical (unpaired) electrons. The Morgan fingerprint density at radius 2 is 2.17 bits per heavy atom. The van der Waals surface area contributed by atoms with Gasteiger partial charge in [0.15, 0.2) is 5.16 Å². The van der Waals surface area contributed by atoms with Crippen LogP contribution in [0.5, 0.6) is 5.88 Å². The van der Waals surface area contributed by atoms with Crippen LogP contribution in [0.2, 0.25) is 0 Å². The number of nitrogens with zero attached hydrogens (tertiary/aromatic N) is 4. The van der Waals surface area contributed by atoms with E-state index in [0.717, 1.165) is 23.9 Å². The molecular formula is C15H17N5O2S. The number of hydrogen-bond acceptors (Lipinski definition) is 6. The standard InChI is InChI=1S/C15H17N5O2S/c1-2-3-6-10-13(21)16-15(17-14(10)22)23-9-20-12-8-5-4-7-11(12)18-19-20/h4-5,7-8H,2-3,6,9H2,1H3,(H2,16,17,21,22). The van der Waals surface area contributed by atoms with Gasteiger partial charge in [-0.25, -0.2) is 4.68 Å². The van der Waals surface area contributed by atoms with E-state index in [4.69, 9.17) is 0 Å². The second kappa shape index (κ2) is 6.82. The lowest BCUT2D eigenvalue weighted by molar-refractivity contribution is 0.434. The van der Waals surface area contributed by atoms with Gasteiger partial charge in [-0.15, -0.1) is 5.10 Å². The number of aromatic hydroxyl groups is 1. The fourth-order valence-electron chi connectivity index (χ4n) is 2.25. The van der Waals surface area contributed by atoms with Crippen LogP contribution in [0.4, 0.5) is 0 Å². The average molecular weight is 331 g/mol. The van der Waals surface area contributed by atoms with Crippen molar-refractivity contribution in [3.05, 3.63) is 40.2 Å². The number of aromatic amines is 1. The molecule has 0 fully saturated rings. The van der Waals surface area contributed by atoms with Gasteiger partial charge in [-0.2, -0.15) is 4.98 Å². The molecule has 0 atom stereocenters. The minimum Gasteiger partial charge on any atom is -0.493 e. The molecular weight excluding hydrogens is 314 g/mol. The zero-order valence-corrected chi connectivity index (χ0v) is 13.5. The molecule has 0 amide bonds. The monoisotopic (exact) mass is 331 g/mol. The fourth-order valence-corrected chi connectivity index (χ4v) is 3.00. The largest absolute Gasteiger partial charge is 0.493 e. The molecule has 0 bridgehead atoms. The minimum atomic E-state index is -0.281. The summed E-state index contributed by atoms with van der Waals surface area (Å²) in [6.07, 6.45) is 2.33. The summed E-state index contributed by atoms with van der Waals surface area (Å²) < 4.78 is 1.72. The van der Waals surface area contributed by atoms with Crippen molar-refractivity contribution in [3.8, 4) is 5.88 Å². The third-order valence-corrected chi connectivity index (χ3v) is 4.34. The van der Waals surface area contributed by atoms with Gasteiger partial charge < -0.3 is 10.1 Å². The van der Waals surface area contributed by atoms with E-state index in [1.807, 2.05) is 31.2 Å². The van der Waals surface area contributed by atoms with Crippen LogP contribution < -0.4 is 5.56 Å². The molecule has 120 valence electrons. The Bertz CT molecular complexity index is 874. The van der Waals surface area contributed by atoms with Crippen LogP contribution in [0.15, 0.2) is 34.2 Å². The Morgan fingerprint density at radius 3 is 2.96 bits per heavy atom. The number of unbranched alkanes of at least 4 members (excludes halogenated alkanes) is 1. The van der Waals surface area contributed by atoms with Crippen molar-refractivity contribution in [3.63, 3.8) is 0 Å². The number of thioether (sulfide) groups is 1. The molecule has 8 heteroatoms. The Hall–Kier alpha value is -2.35. The fraction of sp³-hybridized carbons (Fsp3) is 0.333. The van der Waals surface area contributed by atoms with Crippen LogP contribution in [-0.4, -0.2) is 30.1 Å². The molecule has 0 saturated carbocycles. The smallest absolute Gasteiger partial charge is 0.258 e. The second-order valence-corrected chi connectivity index (χ2v) is 6.06. The molecule has 0 spiro atoms. The van der Waals surface area contributed by atoms with Crippen molar-refractivity contribution >= 4 is 22.8 Å². The molecule has 1 aromatic carbocycles. The summed E-state index contributed by atoms with van der Waals surface area (Å²) in [5.41, 5.74) is 1.79. The van der Waals surface area contributed by atoms with Gasteiger partial charge in [0.2, 0.25) is 5.88 Å². The lowest BCUT2D eigenvalue weighted by atomic mass is 10.1. The number of fused-ring (bicyclic) bond motifs is 1. The summed E-state index contributed by atoms with van der Waals surface area (Å²) in [6.45, 7) is 2.03. The Balaban J connectivity index is 1.77. The number of hydrogen-bond donors (Lipinski definition) is 2. The first-order valence-corrected chi connectivity index (χ1v) is 8.40. The molecule has 0 saturated heterocycles. The first kappa shape index (κ1) is 15.5. The lowest BCUT2D eigenvalue weighted by Crippen LogP contribution is -2.15. The number of rotatable bonds is 6. The van der Waals surface area contributed by atoms with Crippen LogP contribution >= 0.6 is 11.8 Å². The predicted octanol–water partition coefficient (Wildman–Crippen LogP) is 2.31. The Morgan fingerprint density at radius 1 is 1.35 bits per heavy atom. The number of para-hydroxylation sites is 1. The second-order valence-electron chi connectivity index (χ2n) is 5.13. The van der Waals surface area contributed by atoms with Gasteiger partial charge in [0.05, 0.1) is 17.0 Å². The highest BCUT2D eigenvalue weighted by atomic mass is 32.2. The lowest BCUT2D eigenvalue weighted by Gasteiger charge is -2.05. The Kier molecular flexibility index (Phi) is 4.61. The summed E-state index contributed by atoms with van der Waals surface area (Å²) in [5.74, 6) is 0.255. The van der Waals surface area contributed by atoms with Gasteiger partial charge in [-0.05, 0) is 25.0 Å². The molecule has 2 heterocycles. The molecule has 0 aliphatic heterocycles. The van der Waals surface area contributed by atoms with E-state index < -0.39 is 0 Å². The van der Waals surface area contributed by atoms with Gasteiger partial charge in [0, 0.05) is 0 Å². The van der Waals surface area contributed by atoms with Crippen LogP contribution in [0, 0.1) is 0 Å². The third kappa shape index (κ3) is 3.37. The van der Waals surface area contributed by atoms with E-state index in [2.05, 4.69) is 20.3 Å². The van der Waals surface area contributed by atoms with Crippen molar-refractivity contribution in [1.82, 2.24) is 25.0 Å². The Labute approximate surface area is 136 Å². The predicted molar refractivity (Wildman–Crippen MR) is 88.5 cm³/mol. The van der Waals surface area contributed by atoms with E-state index >= 15 is 0 Å². The van der Waals surface area contributed by atoms with E-state index in [1.54, 1.807) is 4.68 Å². The summed E-state index contributed by atoms with van der Waals surface area (Å²) >= 11 is 1.29. The zero-order valence-electron chi connectivity index (χ0n) is 12.7. The first-order valence-electron chi connectivity index (χ1n) is 7.42. The van der Waals surface area contributed by atoms with E-state index in [-0.39, 0.29) is 11.4 Å². The van der Waals surface area contributed by atoms with Crippen molar-refractivity contribution in [2.75, 3.05) is 0 Å². The SMILES string of the molecule is CCCCc1c(O)nc(SCn2nnc3ccccc32)[nH]c1=O. The van der Waals surface area contributed by atoms with Gasteiger partial charge in [0.25, 0.3) is 5.56 Å². The zero-order chi connectivity index (χ0) is 16.2. The molecule has 7 nitrogen and oxygen atoms in total. The highest BCUT2D eigenvalue weighted by Crippen LogP contribution is 2.20. The molecule has 0 aliphatic rings. The van der Waals surface area contributed by atoms with Gasteiger partial charge in [-0.3, -0.25) is 4.79 Å². The number of aromatic nitrogens is 5. The summed E-state index contributed by atoms with van der Waals surface area (Å²) in [4.78, 5) is 18.8. The van der Waals surface area contributed by atoms with Crippen LogP contribution in [-0.2, 0) is 12.3 Å². The topological polar surface area (TPSA) is 96.7 Å². The molecule has 3 rings (SSSR count). The third-order valence-electron chi connectivity index (χ3n) is 3.50. The molecule has 0 aliphatic carbocycles. The van der Waals surface area contributed by atoms with Gasteiger partial charge in [-0.1, -0.05) is 42.5 Å². The van der Waals surface area contributed by atoms with Gasteiger partial charge >= 0.3 is 0 Å². The van der Waals surface area contributed by atoms with Crippen molar-refractivity contribution in [2.24, 2.45) is 0 Å². The van der Waals surface area contributed by atoms with E-state index in [0.29, 0.717) is 23.0 Å². The molecule has 2 N–H and O–H groups in total. The summed E-state index contributed by atoms with van der Waals surface area (Å²) in [5, 5.41) is 18.5. The molecule has 0 unspecified atom stereocenters. The highest BCUT2D eigenvalue weighted by molar-refractivity contribution is 7.98. The van der Waals surface area contributed by atoms with E-state index in [1.165, 1.54) is 11.8 Å². The van der Waals surface area contributed by atoms with E-state index in [9.17, 15) is 9.90 Å². The van der Waals surface area contributed by atoms with Crippen LogP contribution in [0.25, 0.3) is 11.0 Å². The molecule has 2 aromatic heterocycles. The van der Waals surface area contributed by atoms with Crippen LogP contribution in [0.1, 0.15) is 25.3 Å². The minimum absolute atomic E-state index is 0.187. The van der Waals surface area contributed by atoms with Crippen molar-refractivity contribution in [1.29, 1.82) is 0 Å². The molecule has 23 heavy (non-hydrogen) atoms.